The molecule has 3 nitrogen and oxygen atoms in total. The first-order valence-corrected chi connectivity index (χ1v) is 7.13. The zero-order valence-electron chi connectivity index (χ0n) is 11.1. The van der Waals surface area contributed by atoms with Crippen molar-refractivity contribution < 1.29 is 4.42 Å². The summed E-state index contributed by atoms with van der Waals surface area (Å²) in [5, 5.41) is 9.39. The lowest BCUT2D eigenvalue weighted by molar-refractivity contribution is 0.563. The number of hydrogen-bond acceptors (Lipinski definition) is 4. The summed E-state index contributed by atoms with van der Waals surface area (Å²) in [5.74, 6) is 0.962. The highest BCUT2D eigenvalue weighted by molar-refractivity contribution is 7.99. The van der Waals surface area contributed by atoms with Crippen LogP contribution in [0.25, 0.3) is 0 Å². The summed E-state index contributed by atoms with van der Waals surface area (Å²) < 4.78 is 5.07. The fourth-order valence-corrected chi connectivity index (χ4v) is 2.75. The molecule has 2 aromatic rings. The van der Waals surface area contributed by atoms with E-state index in [4.69, 9.17) is 4.42 Å². The molecule has 0 saturated heterocycles. The molecule has 0 atom stereocenters. The number of hydrogen-bond donors (Lipinski definition) is 0. The van der Waals surface area contributed by atoms with Gasteiger partial charge in [0.15, 0.2) is 0 Å². The van der Waals surface area contributed by atoms with Crippen molar-refractivity contribution in [2.45, 2.75) is 18.4 Å². The Kier molecular flexibility index (Phi) is 4.53. The molecule has 0 saturated carbocycles. The Morgan fingerprint density at radius 3 is 2.84 bits per heavy atom. The molecule has 0 radical (unpaired) electrons. The van der Waals surface area contributed by atoms with Gasteiger partial charge >= 0.3 is 0 Å². The van der Waals surface area contributed by atoms with Crippen LogP contribution in [0.15, 0.2) is 46.1 Å². The van der Waals surface area contributed by atoms with Crippen LogP contribution >= 0.6 is 11.8 Å². The van der Waals surface area contributed by atoms with E-state index in [1.165, 1.54) is 0 Å². The Bertz CT molecular complexity index is 572. The Balaban J connectivity index is 2.28. The first-order chi connectivity index (χ1) is 9.26. The van der Waals surface area contributed by atoms with Crippen LogP contribution in [0.3, 0.4) is 0 Å². The maximum atomic E-state index is 9.39. The minimum atomic E-state index is 0.728. The van der Waals surface area contributed by atoms with Crippen molar-refractivity contribution in [1.82, 2.24) is 0 Å². The van der Waals surface area contributed by atoms with Crippen molar-refractivity contribution in [3.8, 4) is 6.07 Å². The van der Waals surface area contributed by atoms with Crippen LogP contribution in [0.4, 0.5) is 5.69 Å². The lowest BCUT2D eigenvalue weighted by atomic mass is 10.1. The van der Waals surface area contributed by atoms with Gasteiger partial charge in [-0.05, 0) is 24.0 Å². The van der Waals surface area contributed by atoms with E-state index < -0.39 is 0 Å². The first-order valence-electron chi connectivity index (χ1n) is 6.14. The molecule has 0 aliphatic heterocycles. The quantitative estimate of drug-likeness (QED) is 0.774. The molecule has 0 spiro atoms. The maximum Gasteiger partial charge on any atom is 0.103 e. The molecule has 0 aliphatic carbocycles. The Hall–Kier alpha value is -1.86. The van der Waals surface area contributed by atoms with Crippen molar-refractivity contribution in [3.63, 3.8) is 0 Å². The standard InChI is InChI=1S/C15H16N2OS/c1-3-19-15-6-4-5-14(13(15)9-16)17(2)10-12-7-8-18-11-12/h4-8,11H,3,10H2,1-2H3. The van der Waals surface area contributed by atoms with E-state index in [0.29, 0.717) is 0 Å². The third-order valence-corrected chi connectivity index (χ3v) is 3.77. The minimum absolute atomic E-state index is 0.728. The molecule has 2 rings (SSSR count). The molecule has 0 bridgehead atoms. The lowest BCUT2D eigenvalue weighted by Gasteiger charge is -2.21. The van der Waals surface area contributed by atoms with Gasteiger partial charge in [0.25, 0.3) is 0 Å². The third kappa shape index (κ3) is 3.12. The smallest absolute Gasteiger partial charge is 0.103 e. The first kappa shape index (κ1) is 13.6. The van der Waals surface area contributed by atoms with Gasteiger partial charge in [-0.1, -0.05) is 13.0 Å². The molecular formula is C15H16N2OS. The van der Waals surface area contributed by atoms with E-state index >= 15 is 0 Å². The average Bonchev–Trinajstić information content (AvgIpc) is 2.91. The molecule has 0 fully saturated rings. The molecule has 1 aromatic heterocycles. The van der Waals surface area contributed by atoms with E-state index in [1.54, 1.807) is 24.3 Å². The fourth-order valence-electron chi connectivity index (χ4n) is 1.97. The summed E-state index contributed by atoms with van der Waals surface area (Å²) in [6.07, 6.45) is 3.39. The predicted molar refractivity (Wildman–Crippen MR) is 78.4 cm³/mol. The van der Waals surface area contributed by atoms with Crippen molar-refractivity contribution in [1.29, 1.82) is 5.26 Å². The van der Waals surface area contributed by atoms with Gasteiger partial charge < -0.3 is 9.32 Å². The largest absolute Gasteiger partial charge is 0.472 e. The molecular weight excluding hydrogens is 256 g/mol. The van der Waals surface area contributed by atoms with Crippen molar-refractivity contribution >= 4 is 17.4 Å². The third-order valence-electron chi connectivity index (χ3n) is 2.83. The van der Waals surface area contributed by atoms with E-state index in [0.717, 1.165) is 34.0 Å². The SMILES string of the molecule is CCSc1cccc(N(C)Cc2ccoc2)c1C#N. The molecule has 1 heterocycles. The van der Waals surface area contributed by atoms with Gasteiger partial charge in [-0.3, -0.25) is 0 Å². The molecule has 0 N–H and O–H groups in total. The van der Waals surface area contributed by atoms with Gasteiger partial charge in [-0.2, -0.15) is 5.26 Å². The van der Waals surface area contributed by atoms with E-state index in [9.17, 15) is 5.26 Å². The number of anilines is 1. The summed E-state index contributed by atoms with van der Waals surface area (Å²) in [4.78, 5) is 3.12. The van der Waals surface area contributed by atoms with Gasteiger partial charge in [0.05, 0.1) is 23.8 Å². The fraction of sp³-hybridized carbons (Fsp3) is 0.267. The monoisotopic (exact) mass is 272 g/mol. The zero-order valence-corrected chi connectivity index (χ0v) is 11.9. The second kappa shape index (κ2) is 6.35. The van der Waals surface area contributed by atoms with Gasteiger partial charge in [0.2, 0.25) is 0 Å². The second-order valence-electron chi connectivity index (χ2n) is 4.18. The molecule has 19 heavy (non-hydrogen) atoms. The van der Waals surface area contributed by atoms with Gasteiger partial charge in [-0.25, -0.2) is 0 Å². The summed E-state index contributed by atoms with van der Waals surface area (Å²) in [6.45, 7) is 2.82. The van der Waals surface area contributed by atoms with Crippen LogP contribution in [0, 0.1) is 11.3 Å². The van der Waals surface area contributed by atoms with Crippen molar-refractivity contribution in [2.75, 3.05) is 17.7 Å². The lowest BCUT2D eigenvalue weighted by Crippen LogP contribution is -2.17. The van der Waals surface area contributed by atoms with Crippen LogP contribution in [0.2, 0.25) is 0 Å². The normalized spacial score (nSPS) is 10.2. The van der Waals surface area contributed by atoms with Gasteiger partial charge in [-0.15, -0.1) is 11.8 Å². The summed E-state index contributed by atoms with van der Waals surface area (Å²) >= 11 is 1.70. The summed E-state index contributed by atoms with van der Waals surface area (Å²) in [6, 6.07) is 10.2. The topological polar surface area (TPSA) is 40.2 Å². The van der Waals surface area contributed by atoms with E-state index in [2.05, 4.69) is 17.9 Å². The van der Waals surface area contributed by atoms with Gasteiger partial charge in [0, 0.05) is 24.1 Å². The molecule has 0 aliphatic rings. The Labute approximate surface area is 117 Å². The number of rotatable bonds is 5. The predicted octanol–water partition coefficient (Wildman–Crippen LogP) is 3.90. The van der Waals surface area contributed by atoms with Gasteiger partial charge in [0.1, 0.15) is 6.07 Å². The maximum absolute atomic E-state index is 9.39. The minimum Gasteiger partial charge on any atom is -0.472 e. The van der Waals surface area contributed by atoms with E-state index in [-0.39, 0.29) is 0 Å². The number of furan rings is 1. The number of nitriles is 1. The number of thioether (sulfide) groups is 1. The zero-order chi connectivity index (χ0) is 13.7. The molecule has 4 heteroatoms. The van der Waals surface area contributed by atoms with Crippen molar-refractivity contribution in [3.05, 3.63) is 47.9 Å². The molecule has 0 amide bonds. The van der Waals surface area contributed by atoms with Crippen LogP contribution in [-0.4, -0.2) is 12.8 Å². The Morgan fingerprint density at radius 1 is 1.37 bits per heavy atom. The Morgan fingerprint density at radius 2 is 2.21 bits per heavy atom. The summed E-state index contributed by atoms with van der Waals surface area (Å²) in [7, 11) is 1.99. The second-order valence-corrected chi connectivity index (χ2v) is 5.49. The van der Waals surface area contributed by atoms with Crippen LogP contribution in [0.1, 0.15) is 18.1 Å². The van der Waals surface area contributed by atoms with Crippen LogP contribution in [-0.2, 0) is 6.54 Å². The van der Waals surface area contributed by atoms with Crippen LogP contribution < -0.4 is 4.90 Å². The highest BCUT2D eigenvalue weighted by Gasteiger charge is 2.12. The number of benzene rings is 1. The molecule has 98 valence electrons. The number of nitrogens with zero attached hydrogens (tertiary/aromatic N) is 2. The highest BCUT2D eigenvalue weighted by atomic mass is 32.2. The van der Waals surface area contributed by atoms with E-state index in [1.807, 2.05) is 31.3 Å². The highest BCUT2D eigenvalue weighted by Crippen LogP contribution is 2.30. The van der Waals surface area contributed by atoms with Crippen LogP contribution in [0.5, 0.6) is 0 Å². The molecule has 0 unspecified atom stereocenters. The molecule has 1 aromatic carbocycles. The average molecular weight is 272 g/mol. The summed E-state index contributed by atoms with van der Waals surface area (Å²) in [5.41, 5.74) is 2.81. The van der Waals surface area contributed by atoms with Crippen molar-refractivity contribution in [2.24, 2.45) is 0 Å².